The topological polar surface area (TPSA) is 58.2 Å². The van der Waals surface area contributed by atoms with E-state index in [1.54, 1.807) is 0 Å². The largest absolute Gasteiger partial charge is 0.417 e. The van der Waals surface area contributed by atoms with Crippen molar-refractivity contribution in [1.82, 2.24) is 10.0 Å². The summed E-state index contributed by atoms with van der Waals surface area (Å²) >= 11 is 0. The van der Waals surface area contributed by atoms with Gasteiger partial charge in [-0.25, -0.2) is 17.5 Å². The summed E-state index contributed by atoms with van der Waals surface area (Å²) in [4.78, 5) is -0.957. The van der Waals surface area contributed by atoms with Gasteiger partial charge in [-0.1, -0.05) is 0 Å². The minimum Gasteiger partial charge on any atom is -0.315 e. The highest BCUT2D eigenvalue weighted by molar-refractivity contribution is 7.89. The number of rotatable bonds is 3. The van der Waals surface area contributed by atoms with E-state index in [4.69, 9.17) is 0 Å². The van der Waals surface area contributed by atoms with Crippen molar-refractivity contribution in [3.63, 3.8) is 0 Å². The Balaban J connectivity index is 2.35. The zero-order chi connectivity index (χ0) is 15.7. The third-order valence-electron chi connectivity index (χ3n) is 3.16. The first kappa shape index (κ1) is 16.2. The van der Waals surface area contributed by atoms with Crippen LogP contribution < -0.4 is 10.0 Å². The molecule has 0 spiro atoms. The fourth-order valence-electron chi connectivity index (χ4n) is 2.19. The van der Waals surface area contributed by atoms with Crippen molar-refractivity contribution in [1.29, 1.82) is 0 Å². The lowest BCUT2D eigenvalue weighted by Crippen LogP contribution is -2.45. The van der Waals surface area contributed by atoms with Crippen LogP contribution in [0.4, 0.5) is 17.6 Å². The summed E-state index contributed by atoms with van der Waals surface area (Å²) in [6.45, 7) is 1.09. The molecule has 118 valence electrons. The first-order chi connectivity index (χ1) is 9.70. The van der Waals surface area contributed by atoms with Crippen molar-refractivity contribution in [3.8, 4) is 0 Å². The summed E-state index contributed by atoms with van der Waals surface area (Å²) in [7, 11) is -4.37. The van der Waals surface area contributed by atoms with E-state index >= 15 is 0 Å². The highest BCUT2D eigenvalue weighted by Gasteiger charge is 2.38. The molecule has 0 unspecified atom stereocenters. The van der Waals surface area contributed by atoms with Crippen molar-refractivity contribution in [3.05, 3.63) is 29.6 Å². The van der Waals surface area contributed by atoms with E-state index in [1.165, 1.54) is 0 Å². The molecule has 1 aliphatic heterocycles. The zero-order valence-electron chi connectivity index (χ0n) is 10.9. The first-order valence-corrected chi connectivity index (χ1v) is 7.78. The fraction of sp³-hybridized carbons (Fsp3) is 0.500. The van der Waals surface area contributed by atoms with Crippen LogP contribution in [-0.2, 0) is 16.2 Å². The standard InChI is InChI=1S/C12H14F4N2O2S/c13-8-3-4-11(10(6-8)12(14,15)16)21(19,20)18-9-2-1-5-17-7-9/h3-4,6,9,17-18H,1-2,5,7H2/t9-/m1/s1. The van der Waals surface area contributed by atoms with Crippen LogP contribution in [0.5, 0.6) is 0 Å². The number of benzene rings is 1. The number of halogens is 4. The molecule has 0 bridgehead atoms. The molecule has 0 saturated carbocycles. The Morgan fingerprint density at radius 1 is 1.29 bits per heavy atom. The molecule has 4 nitrogen and oxygen atoms in total. The van der Waals surface area contributed by atoms with E-state index in [9.17, 15) is 26.0 Å². The molecule has 2 N–H and O–H groups in total. The number of alkyl halides is 3. The van der Waals surface area contributed by atoms with Crippen LogP contribution >= 0.6 is 0 Å². The van der Waals surface area contributed by atoms with Crippen molar-refractivity contribution >= 4 is 10.0 Å². The molecular formula is C12H14F4N2O2S. The summed E-state index contributed by atoms with van der Waals surface area (Å²) in [5.41, 5.74) is -1.50. The van der Waals surface area contributed by atoms with Gasteiger partial charge in [0.05, 0.1) is 10.5 Å². The van der Waals surface area contributed by atoms with Gasteiger partial charge in [0.2, 0.25) is 10.0 Å². The lowest BCUT2D eigenvalue weighted by molar-refractivity contribution is -0.140. The Morgan fingerprint density at radius 2 is 2.00 bits per heavy atom. The second-order valence-electron chi connectivity index (χ2n) is 4.80. The first-order valence-electron chi connectivity index (χ1n) is 6.30. The molecule has 1 heterocycles. The number of nitrogens with one attached hydrogen (secondary N) is 2. The minimum atomic E-state index is -4.95. The summed E-state index contributed by atoms with van der Waals surface area (Å²) < 4.78 is 78.1. The van der Waals surface area contributed by atoms with Crippen molar-refractivity contribution in [2.75, 3.05) is 13.1 Å². The third kappa shape index (κ3) is 3.92. The quantitative estimate of drug-likeness (QED) is 0.834. The van der Waals surface area contributed by atoms with Crippen LogP contribution in [0, 0.1) is 5.82 Å². The summed E-state index contributed by atoms with van der Waals surface area (Å²) in [5, 5.41) is 2.95. The number of hydrogen-bond donors (Lipinski definition) is 2. The molecule has 2 rings (SSSR count). The fourth-order valence-corrected chi connectivity index (χ4v) is 3.67. The van der Waals surface area contributed by atoms with Crippen molar-refractivity contribution in [2.24, 2.45) is 0 Å². The zero-order valence-corrected chi connectivity index (χ0v) is 11.7. The highest BCUT2D eigenvalue weighted by atomic mass is 32.2. The van der Waals surface area contributed by atoms with Gasteiger partial charge in [0.25, 0.3) is 0 Å². The molecule has 1 atom stereocenters. The monoisotopic (exact) mass is 326 g/mol. The molecule has 1 saturated heterocycles. The molecule has 1 aromatic carbocycles. The van der Waals surface area contributed by atoms with Gasteiger partial charge in [0.1, 0.15) is 5.82 Å². The van der Waals surface area contributed by atoms with Gasteiger partial charge in [-0.05, 0) is 37.6 Å². The summed E-state index contributed by atoms with van der Waals surface area (Å²) in [6.07, 6.45) is -3.69. The second kappa shape index (κ2) is 5.90. The maximum atomic E-state index is 13.0. The Bertz CT molecular complexity index is 610. The SMILES string of the molecule is O=S(=O)(N[C@@H]1CCCNC1)c1ccc(F)cc1C(F)(F)F. The van der Waals surface area contributed by atoms with Crippen LogP contribution in [0.1, 0.15) is 18.4 Å². The lowest BCUT2D eigenvalue weighted by Gasteiger charge is -2.24. The molecule has 9 heteroatoms. The Kier molecular flexibility index (Phi) is 4.54. The third-order valence-corrected chi connectivity index (χ3v) is 4.73. The molecule has 1 aliphatic rings. The molecule has 0 aliphatic carbocycles. The molecule has 0 radical (unpaired) electrons. The van der Waals surface area contributed by atoms with Gasteiger partial charge in [0, 0.05) is 12.6 Å². The Morgan fingerprint density at radius 3 is 2.57 bits per heavy atom. The normalized spacial score (nSPS) is 20.5. The van der Waals surface area contributed by atoms with Gasteiger partial charge >= 0.3 is 6.18 Å². The van der Waals surface area contributed by atoms with Gasteiger partial charge in [-0.15, -0.1) is 0 Å². The predicted molar refractivity (Wildman–Crippen MR) is 67.6 cm³/mol. The maximum absolute atomic E-state index is 13.0. The average molecular weight is 326 g/mol. The minimum absolute atomic E-state index is 0.188. The van der Waals surface area contributed by atoms with Gasteiger partial charge in [-0.3, -0.25) is 0 Å². The van der Waals surface area contributed by atoms with Crippen LogP contribution in [0.2, 0.25) is 0 Å². The smallest absolute Gasteiger partial charge is 0.315 e. The van der Waals surface area contributed by atoms with E-state index in [1.807, 2.05) is 0 Å². The van der Waals surface area contributed by atoms with Crippen molar-refractivity contribution < 1.29 is 26.0 Å². The van der Waals surface area contributed by atoms with Gasteiger partial charge < -0.3 is 5.32 Å². The van der Waals surface area contributed by atoms with Gasteiger partial charge in [-0.2, -0.15) is 13.2 Å². The Labute approximate surface area is 119 Å². The molecular weight excluding hydrogens is 312 g/mol. The molecule has 0 aromatic heterocycles. The van der Waals surface area contributed by atoms with Crippen LogP contribution in [0.25, 0.3) is 0 Å². The highest BCUT2D eigenvalue weighted by Crippen LogP contribution is 2.34. The number of hydrogen-bond acceptors (Lipinski definition) is 3. The van der Waals surface area contributed by atoms with Crippen LogP contribution in [-0.4, -0.2) is 27.5 Å². The molecule has 21 heavy (non-hydrogen) atoms. The molecule has 1 fully saturated rings. The molecule has 1 aromatic rings. The van der Waals surface area contributed by atoms with Gasteiger partial charge in [0.15, 0.2) is 0 Å². The maximum Gasteiger partial charge on any atom is 0.417 e. The Hall–Kier alpha value is -1.19. The number of piperidine rings is 1. The second-order valence-corrected chi connectivity index (χ2v) is 6.49. The van der Waals surface area contributed by atoms with E-state index < -0.39 is 38.5 Å². The molecule has 0 amide bonds. The average Bonchev–Trinajstić information content (AvgIpc) is 2.38. The van der Waals surface area contributed by atoms with Crippen LogP contribution in [0.3, 0.4) is 0 Å². The van der Waals surface area contributed by atoms with Crippen LogP contribution in [0.15, 0.2) is 23.1 Å². The number of sulfonamides is 1. The lowest BCUT2D eigenvalue weighted by atomic mass is 10.1. The van der Waals surface area contributed by atoms with Crippen molar-refractivity contribution in [2.45, 2.75) is 30.0 Å². The predicted octanol–water partition coefficient (Wildman–Crippen LogP) is 1.87. The van der Waals surface area contributed by atoms with E-state index in [0.29, 0.717) is 25.1 Å². The summed E-state index contributed by atoms with van der Waals surface area (Å²) in [6, 6.07) is 1.04. The van der Waals surface area contributed by atoms with E-state index in [-0.39, 0.29) is 6.07 Å². The summed E-state index contributed by atoms with van der Waals surface area (Å²) in [5.74, 6) is -1.14. The van der Waals surface area contributed by atoms with E-state index in [0.717, 1.165) is 13.0 Å². The van der Waals surface area contributed by atoms with E-state index in [2.05, 4.69) is 10.0 Å².